The fourth-order valence-corrected chi connectivity index (χ4v) is 3.30. The Balaban J connectivity index is 1.66. The SMILES string of the molecule is COc1ccc2c(c1OC)N=C(NC(=O)c1ccc(NC(C)=O)nc1)N1CCN=C21. The van der Waals surface area contributed by atoms with E-state index in [1.807, 2.05) is 11.0 Å². The summed E-state index contributed by atoms with van der Waals surface area (Å²) >= 11 is 0. The van der Waals surface area contributed by atoms with Crippen molar-refractivity contribution in [1.29, 1.82) is 0 Å². The number of rotatable bonds is 4. The van der Waals surface area contributed by atoms with Crippen molar-refractivity contribution in [2.45, 2.75) is 6.92 Å². The molecule has 2 aromatic rings. The average molecular weight is 408 g/mol. The van der Waals surface area contributed by atoms with Crippen LogP contribution in [0.3, 0.4) is 0 Å². The molecule has 10 nitrogen and oxygen atoms in total. The Morgan fingerprint density at radius 1 is 1.10 bits per heavy atom. The number of amidine groups is 1. The van der Waals surface area contributed by atoms with Crippen LogP contribution < -0.4 is 20.1 Å². The zero-order valence-electron chi connectivity index (χ0n) is 16.7. The Hall–Kier alpha value is -3.95. The second-order valence-corrected chi connectivity index (χ2v) is 6.56. The molecule has 10 heteroatoms. The molecule has 0 atom stereocenters. The van der Waals surface area contributed by atoms with Gasteiger partial charge in [-0.25, -0.2) is 9.98 Å². The summed E-state index contributed by atoms with van der Waals surface area (Å²) in [6.45, 7) is 2.58. The van der Waals surface area contributed by atoms with Gasteiger partial charge in [0.15, 0.2) is 11.5 Å². The molecule has 0 spiro atoms. The number of hydrogen-bond donors (Lipinski definition) is 2. The molecule has 0 radical (unpaired) electrons. The van der Waals surface area contributed by atoms with Gasteiger partial charge >= 0.3 is 0 Å². The first-order valence-corrected chi connectivity index (χ1v) is 9.23. The van der Waals surface area contributed by atoms with Gasteiger partial charge in [-0.3, -0.25) is 24.8 Å². The van der Waals surface area contributed by atoms with E-state index in [1.165, 1.54) is 20.2 Å². The molecule has 4 rings (SSSR count). The van der Waals surface area contributed by atoms with E-state index in [1.54, 1.807) is 25.3 Å². The van der Waals surface area contributed by atoms with Crippen LogP contribution in [0.15, 0.2) is 40.4 Å². The van der Waals surface area contributed by atoms with Crippen molar-refractivity contribution in [3.05, 3.63) is 41.6 Å². The molecular weight excluding hydrogens is 388 g/mol. The van der Waals surface area contributed by atoms with E-state index in [9.17, 15) is 9.59 Å². The standard InChI is InChI=1S/C20H20N6O4/c1-11(27)23-15-7-4-12(10-22-15)19(28)25-20-24-16-13(18-21-8-9-26(18)20)5-6-14(29-2)17(16)30-3/h4-7,10H,8-9H2,1-3H3,(H,22,23,27)(H,24,25,28). The predicted octanol–water partition coefficient (Wildman–Crippen LogP) is 1.55. The number of carbonyl (C=O) groups is 2. The van der Waals surface area contributed by atoms with Gasteiger partial charge < -0.3 is 14.8 Å². The molecule has 2 N–H and O–H groups in total. The lowest BCUT2D eigenvalue weighted by atomic mass is 10.1. The molecule has 2 amide bonds. The number of methoxy groups -OCH3 is 2. The van der Waals surface area contributed by atoms with Gasteiger partial charge in [0.05, 0.1) is 26.3 Å². The first kappa shape index (κ1) is 19.4. The third-order valence-electron chi connectivity index (χ3n) is 4.63. The normalized spacial score (nSPS) is 14.2. The van der Waals surface area contributed by atoms with E-state index in [2.05, 4.69) is 25.6 Å². The van der Waals surface area contributed by atoms with E-state index in [0.29, 0.717) is 47.6 Å². The highest BCUT2D eigenvalue weighted by atomic mass is 16.5. The maximum atomic E-state index is 12.8. The highest BCUT2D eigenvalue weighted by Crippen LogP contribution is 2.42. The summed E-state index contributed by atoms with van der Waals surface area (Å²) in [5.41, 5.74) is 1.68. The highest BCUT2D eigenvalue weighted by Gasteiger charge is 2.33. The number of fused-ring (bicyclic) bond motifs is 3. The maximum Gasteiger partial charge on any atom is 0.259 e. The molecular formula is C20H20N6O4. The summed E-state index contributed by atoms with van der Waals surface area (Å²) < 4.78 is 10.9. The van der Waals surface area contributed by atoms with Gasteiger partial charge in [-0.2, -0.15) is 0 Å². The summed E-state index contributed by atoms with van der Waals surface area (Å²) in [6.07, 6.45) is 1.39. The smallest absolute Gasteiger partial charge is 0.259 e. The highest BCUT2D eigenvalue weighted by molar-refractivity contribution is 6.20. The van der Waals surface area contributed by atoms with Crippen LogP contribution in [0, 0.1) is 0 Å². The third kappa shape index (κ3) is 3.43. The lowest BCUT2D eigenvalue weighted by Gasteiger charge is -2.28. The molecule has 0 fully saturated rings. The van der Waals surface area contributed by atoms with Crippen LogP contribution in [0.2, 0.25) is 0 Å². The van der Waals surface area contributed by atoms with Crippen molar-refractivity contribution >= 4 is 35.1 Å². The Kier molecular flexibility index (Phi) is 5.05. The molecule has 0 saturated carbocycles. The van der Waals surface area contributed by atoms with Gasteiger partial charge in [0.1, 0.15) is 17.3 Å². The first-order chi connectivity index (χ1) is 14.5. The monoisotopic (exact) mass is 408 g/mol. The topological polar surface area (TPSA) is 118 Å². The summed E-state index contributed by atoms with van der Waals surface area (Å²) in [5, 5.41) is 5.39. The summed E-state index contributed by atoms with van der Waals surface area (Å²) in [4.78, 5) is 39.0. The number of aromatic nitrogens is 1. The van der Waals surface area contributed by atoms with Crippen LogP contribution in [0.25, 0.3) is 0 Å². The van der Waals surface area contributed by atoms with E-state index < -0.39 is 0 Å². The molecule has 0 saturated heterocycles. The van der Waals surface area contributed by atoms with E-state index in [-0.39, 0.29) is 11.8 Å². The fourth-order valence-electron chi connectivity index (χ4n) is 3.30. The molecule has 30 heavy (non-hydrogen) atoms. The van der Waals surface area contributed by atoms with Crippen molar-refractivity contribution in [3.63, 3.8) is 0 Å². The molecule has 0 unspecified atom stereocenters. The summed E-state index contributed by atoms with van der Waals surface area (Å²) in [6, 6.07) is 6.82. The molecule has 2 aliphatic heterocycles. The predicted molar refractivity (Wildman–Crippen MR) is 111 cm³/mol. The van der Waals surface area contributed by atoms with Gasteiger partial charge in [0.2, 0.25) is 11.9 Å². The van der Waals surface area contributed by atoms with Crippen LogP contribution in [-0.4, -0.2) is 60.8 Å². The zero-order chi connectivity index (χ0) is 21.3. The van der Waals surface area contributed by atoms with Crippen molar-refractivity contribution in [3.8, 4) is 11.5 Å². The third-order valence-corrected chi connectivity index (χ3v) is 4.63. The van der Waals surface area contributed by atoms with Gasteiger partial charge in [0, 0.05) is 25.2 Å². The molecule has 0 bridgehead atoms. The van der Waals surface area contributed by atoms with Crippen LogP contribution in [-0.2, 0) is 4.79 Å². The number of amides is 2. The quantitative estimate of drug-likeness (QED) is 0.793. The van der Waals surface area contributed by atoms with Crippen LogP contribution in [0.4, 0.5) is 11.5 Å². The lowest BCUT2D eigenvalue weighted by Crippen LogP contribution is -2.47. The second kappa shape index (κ2) is 7.82. The Morgan fingerprint density at radius 3 is 2.60 bits per heavy atom. The number of carbonyl (C=O) groups excluding carboxylic acids is 2. The van der Waals surface area contributed by atoms with E-state index in [0.717, 1.165) is 11.4 Å². The minimum Gasteiger partial charge on any atom is -0.493 e. The number of nitrogens with one attached hydrogen (secondary N) is 2. The number of nitrogens with zero attached hydrogens (tertiary/aromatic N) is 4. The van der Waals surface area contributed by atoms with Gasteiger partial charge in [-0.05, 0) is 24.3 Å². The van der Waals surface area contributed by atoms with Gasteiger partial charge in [-0.1, -0.05) is 0 Å². The Morgan fingerprint density at radius 2 is 1.93 bits per heavy atom. The zero-order valence-corrected chi connectivity index (χ0v) is 16.7. The molecule has 1 aromatic heterocycles. The molecule has 1 aromatic carbocycles. The Labute approximate surface area is 172 Å². The number of anilines is 1. The number of aliphatic imine (C=N–C) groups is 2. The number of guanidine groups is 1. The first-order valence-electron chi connectivity index (χ1n) is 9.23. The number of hydrogen-bond acceptors (Lipinski definition) is 8. The largest absolute Gasteiger partial charge is 0.493 e. The van der Waals surface area contributed by atoms with Gasteiger partial charge in [-0.15, -0.1) is 0 Å². The number of pyridine rings is 1. The maximum absolute atomic E-state index is 12.8. The van der Waals surface area contributed by atoms with Gasteiger partial charge in [0.25, 0.3) is 5.91 Å². The van der Waals surface area contributed by atoms with Crippen LogP contribution in [0.1, 0.15) is 22.8 Å². The van der Waals surface area contributed by atoms with E-state index >= 15 is 0 Å². The second-order valence-electron chi connectivity index (χ2n) is 6.56. The number of ether oxygens (including phenoxy) is 2. The van der Waals surface area contributed by atoms with Crippen molar-refractivity contribution in [2.75, 3.05) is 32.6 Å². The molecule has 2 aliphatic rings. The van der Waals surface area contributed by atoms with Crippen molar-refractivity contribution < 1.29 is 19.1 Å². The average Bonchev–Trinajstić information content (AvgIpc) is 3.23. The minimum absolute atomic E-state index is 0.236. The fraction of sp³-hybridized carbons (Fsp3) is 0.250. The molecule has 0 aliphatic carbocycles. The lowest BCUT2D eigenvalue weighted by molar-refractivity contribution is -0.114. The van der Waals surface area contributed by atoms with Crippen molar-refractivity contribution in [2.24, 2.45) is 9.98 Å². The molecule has 3 heterocycles. The molecule has 154 valence electrons. The van der Waals surface area contributed by atoms with Crippen LogP contribution >= 0.6 is 0 Å². The van der Waals surface area contributed by atoms with E-state index in [4.69, 9.17) is 9.47 Å². The Bertz CT molecular complexity index is 1080. The minimum atomic E-state index is -0.382. The number of benzene rings is 1. The summed E-state index contributed by atoms with van der Waals surface area (Å²) in [5.74, 6) is 1.82. The van der Waals surface area contributed by atoms with Crippen molar-refractivity contribution in [1.82, 2.24) is 15.2 Å². The summed E-state index contributed by atoms with van der Waals surface area (Å²) in [7, 11) is 3.09. The van der Waals surface area contributed by atoms with Crippen LogP contribution in [0.5, 0.6) is 11.5 Å².